The number of rotatable bonds is 8. The number of carbonyl (C=O) groups excluding carboxylic acids is 1. The van der Waals surface area contributed by atoms with E-state index in [-0.39, 0.29) is 17.2 Å². The number of nitrogens with zero attached hydrogens (tertiary/aromatic N) is 1. The molecule has 29 heavy (non-hydrogen) atoms. The summed E-state index contributed by atoms with van der Waals surface area (Å²) in [7, 11) is 0. The third-order valence-electron chi connectivity index (χ3n) is 4.30. The van der Waals surface area contributed by atoms with Gasteiger partial charge in [-0.3, -0.25) is 9.59 Å². The quantitative estimate of drug-likeness (QED) is 0.607. The maximum absolute atomic E-state index is 12.6. The number of carbonyl (C=O) groups is 1. The molecule has 6 nitrogen and oxygen atoms in total. The molecule has 1 amide bonds. The van der Waals surface area contributed by atoms with E-state index >= 15 is 0 Å². The van der Waals surface area contributed by atoms with Crippen LogP contribution >= 0.6 is 0 Å². The molecule has 0 saturated carbocycles. The van der Waals surface area contributed by atoms with Crippen LogP contribution in [0.5, 0.6) is 17.2 Å². The number of anilines is 1. The SMILES string of the molecule is CCCOc1cccn(C(C)C(=O)Nc2ccc(Oc3ccccc3)cc2)c1=O. The van der Waals surface area contributed by atoms with Crippen molar-refractivity contribution in [3.05, 3.63) is 83.3 Å². The summed E-state index contributed by atoms with van der Waals surface area (Å²) in [4.78, 5) is 25.2. The van der Waals surface area contributed by atoms with Crippen molar-refractivity contribution in [1.82, 2.24) is 4.57 Å². The number of ether oxygens (including phenoxy) is 2. The third-order valence-corrected chi connectivity index (χ3v) is 4.30. The standard InChI is InChI=1S/C23H24N2O4/c1-3-16-28-21-10-7-15-25(23(21)27)17(2)22(26)24-18-11-13-20(14-12-18)29-19-8-5-4-6-9-19/h4-15,17H,3,16H2,1-2H3,(H,24,26). The van der Waals surface area contributed by atoms with Gasteiger partial charge in [-0.2, -0.15) is 0 Å². The van der Waals surface area contributed by atoms with E-state index in [2.05, 4.69) is 5.32 Å². The highest BCUT2D eigenvalue weighted by Gasteiger charge is 2.18. The molecule has 3 rings (SSSR count). The maximum Gasteiger partial charge on any atom is 0.293 e. The molecule has 1 heterocycles. The Kier molecular flexibility index (Phi) is 6.68. The monoisotopic (exact) mass is 392 g/mol. The van der Waals surface area contributed by atoms with Crippen LogP contribution in [0.3, 0.4) is 0 Å². The van der Waals surface area contributed by atoms with Gasteiger partial charge < -0.3 is 19.4 Å². The van der Waals surface area contributed by atoms with Gasteiger partial charge in [-0.05, 0) is 61.9 Å². The fourth-order valence-corrected chi connectivity index (χ4v) is 2.72. The van der Waals surface area contributed by atoms with E-state index in [4.69, 9.17) is 9.47 Å². The zero-order chi connectivity index (χ0) is 20.6. The molecule has 0 spiro atoms. The minimum Gasteiger partial charge on any atom is -0.488 e. The molecule has 3 aromatic rings. The first-order valence-corrected chi connectivity index (χ1v) is 9.56. The van der Waals surface area contributed by atoms with Gasteiger partial charge >= 0.3 is 0 Å². The van der Waals surface area contributed by atoms with E-state index in [9.17, 15) is 9.59 Å². The fourth-order valence-electron chi connectivity index (χ4n) is 2.72. The summed E-state index contributed by atoms with van der Waals surface area (Å²) in [6, 6.07) is 19.1. The molecule has 0 bridgehead atoms. The molecule has 0 aliphatic rings. The number of hydrogen-bond acceptors (Lipinski definition) is 4. The Labute approximate surface area is 169 Å². The average Bonchev–Trinajstić information content (AvgIpc) is 2.74. The van der Waals surface area contributed by atoms with Crippen molar-refractivity contribution in [2.45, 2.75) is 26.3 Å². The summed E-state index contributed by atoms with van der Waals surface area (Å²) in [5, 5.41) is 2.83. The molecule has 2 aromatic carbocycles. The molecule has 1 unspecified atom stereocenters. The number of para-hydroxylation sites is 1. The molecule has 1 atom stereocenters. The number of pyridine rings is 1. The van der Waals surface area contributed by atoms with E-state index in [1.54, 1.807) is 49.5 Å². The maximum atomic E-state index is 12.6. The molecule has 0 saturated heterocycles. The van der Waals surface area contributed by atoms with Gasteiger partial charge in [-0.25, -0.2) is 0 Å². The molecule has 0 fully saturated rings. The normalized spacial score (nSPS) is 11.5. The summed E-state index contributed by atoms with van der Waals surface area (Å²) in [5.41, 5.74) is 0.295. The lowest BCUT2D eigenvalue weighted by Crippen LogP contribution is -2.31. The summed E-state index contributed by atoms with van der Waals surface area (Å²) >= 11 is 0. The Morgan fingerprint density at radius 1 is 1.00 bits per heavy atom. The molecule has 6 heteroatoms. The van der Waals surface area contributed by atoms with Crippen LogP contribution in [0.2, 0.25) is 0 Å². The Hall–Kier alpha value is -3.54. The molecule has 0 aliphatic carbocycles. The second-order valence-corrected chi connectivity index (χ2v) is 6.54. The molecule has 1 aromatic heterocycles. The van der Waals surface area contributed by atoms with Crippen LogP contribution in [0.1, 0.15) is 26.3 Å². The van der Waals surface area contributed by atoms with Crippen LogP contribution in [0.25, 0.3) is 0 Å². The molecule has 0 radical (unpaired) electrons. The molecule has 0 aliphatic heterocycles. The van der Waals surface area contributed by atoms with Crippen LogP contribution in [-0.2, 0) is 4.79 Å². The Bertz CT molecular complexity index is 997. The topological polar surface area (TPSA) is 69.6 Å². The zero-order valence-electron chi connectivity index (χ0n) is 16.5. The van der Waals surface area contributed by atoms with Gasteiger partial charge in [0, 0.05) is 11.9 Å². The van der Waals surface area contributed by atoms with Crippen LogP contribution in [0.15, 0.2) is 77.7 Å². The zero-order valence-corrected chi connectivity index (χ0v) is 16.5. The number of benzene rings is 2. The van der Waals surface area contributed by atoms with Crippen LogP contribution < -0.4 is 20.3 Å². The predicted molar refractivity (Wildman–Crippen MR) is 113 cm³/mol. The van der Waals surface area contributed by atoms with Crippen molar-refractivity contribution in [2.24, 2.45) is 0 Å². The summed E-state index contributed by atoms with van der Waals surface area (Å²) in [5.74, 6) is 1.36. The van der Waals surface area contributed by atoms with Gasteiger partial charge in [-0.1, -0.05) is 25.1 Å². The minimum absolute atomic E-state index is 0.247. The first kappa shape index (κ1) is 20.2. The minimum atomic E-state index is -0.687. The van der Waals surface area contributed by atoms with E-state index in [1.165, 1.54) is 4.57 Å². The van der Waals surface area contributed by atoms with Gasteiger partial charge in [0.1, 0.15) is 17.5 Å². The average molecular weight is 392 g/mol. The van der Waals surface area contributed by atoms with Crippen LogP contribution in [0.4, 0.5) is 5.69 Å². The number of amides is 1. The van der Waals surface area contributed by atoms with Gasteiger partial charge in [0.05, 0.1) is 6.61 Å². The lowest BCUT2D eigenvalue weighted by Gasteiger charge is -2.16. The predicted octanol–water partition coefficient (Wildman–Crippen LogP) is 4.63. The molecule has 1 N–H and O–H groups in total. The van der Waals surface area contributed by atoms with Crippen molar-refractivity contribution in [2.75, 3.05) is 11.9 Å². The highest BCUT2D eigenvalue weighted by Crippen LogP contribution is 2.23. The summed E-state index contributed by atoms with van der Waals surface area (Å²) in [6.07, 6.45) is 2.39. The molecular weight excluding hydrogens is 368 g/mol. The van der Waals surface area contributed by atoms with Gasteiger partial charge in [0.25, 0.3) is 5.56 Å². The smallest absolute Gasteiger partial charge is 0.293 e. The van der Waals surface area contributed by atoms with Crippen LogP contribution in [-0.4, -0.2) is 17.1 Å². The van der Waals surface area contributed by atoms with Crippen molar-refractivity contribution in [3.8, 4) is 17.2 Å². The Morgan fingerprint density at radius 2 is 1.69 bits per heavy atom. The van der Waals surface area contributed by atoms with Gasteiger partial charge in [-0.15, -0.1) is 0 Å². The van der Waals surface area contributed by atoms with Crippen molar-refractivity contribution < 1.29 is 14.3 Å². The summed E-state index contributed by atoms with van der Waals surface area (Å²) < 4.78 is 12.6. The molecule has 150 valence electrons. The first-order chi connectivity index (χ1) is 14.1. The number of aromatic nitrogens is 1. The number of hydrogen-bond donors (Lipinski definition) is 1. The van der Waals surface area contributed by atoms with E-state index < -0.39 is 6.04 Å². The number of nitrogens with one attached hydrogen (secondary N) is 1. The van der Waals surface area contributed by atoms with Crippen molar-refractivity contribution in [3.63, 3.8) is 0 Å². The van der Waals surface area contributed by atoms with E-state index in [1.807, 2.05) is 37.3 Å². The Balaban J connectivity index is 1.66. The van der Waals surface area contributed by atoms with Crippen molar-refractivity contribution >= 4 is 11.6 Å². The second kappa shape index (κ2) is 9.59. The largest absolute Gasteiger partial charge is 0.488 e. The van der Waals surface area contributed by atoms with Crippen LogP contribution in [0, 0.1) is 0 Å². The third kappa shape index (κ3) is 5.25. The Morgan fingerprint density at radius 3 is 2.38 bits per heavy atom. The first-order valence-electron chi connectivity index (χ1n) is 9.56. The summed E-state index contributed by atoms with van der Waals surface area (Å²) in [6.45, 7) is 4.10. The highest BCUT2D eigenvalue weighted by atomic mass is 16.5. The molecular formula is C23H24N2O4. The second-order valence-electron chi connectivity index (χ2n) is 6.54. The fraction of sp³-hybridized carbons (Fsp3) is 0.217. The van der Waals surface area contributed by atoms with E-state index in [0.717, 1.165) is 12.2 Å². The van der Waals surface area contributed by atoms with Crippen molar-refractivity contribution in [1.29, 1.82) is 0 Å². The van der Waals surface area contributed by atoms with Gasteiger partial charge in [0.2, 0.25) is 5.91 Å². The lowest BCUT2D eigenvalue weighted by molar-refractivity contribution is -0.118. The van der Waals surface area contributed by atoms with Gasteiger partial charge in [0.15, 0.2) is 5.75 Å². The van der Waals surface area contributed by atoms with E-state index in [0.29, 0.717) is 18.0 Å². The highest BCUT2D eigenvalue weighted by molar-refractivity contribution is 5.93. The lowest BCUT2D eigenvalue weighted by atomic mass is 10.2.